The van der Waals surface area contributed by atoms with Crippen LogP contribution in [0.3, 0.4) is 0 Å². The van der Waals surface area contributed by atoms with Crippen LogP contribution in [0.1, 0.15) is 23.1 Å². The largest absolute Gasteiger partial charge is 0.318 e. The molecule has 4 nitrogen and oxygen atoms in total. The van der Waals surface area contributed by atoms with Gasteiger partial charge in [0.25, 0.3) is 0 Å². The van der Waals surface area contributed by atoms with Gasteiger partial charge in [0.2, 0.25) is 5.78 Å². The molecule has 17 heavy (non-hydrogen) atoms. The molecule has 1 aliphatic rings. The third-order valence-corrected chi connectivity index (χ3v) is 2.91. The Morgan fingerprint density at radius 2 is 1.71 bits per heavy atom. The van der Waals surface area contributed by atoms with Crippen molar-refractivity contribution < 1.29 is 4.79 Å². The second-order valence-corrected chi connectivity index (χ2v) is 4.15. The number of Topliss-reactive ketones (excluding diaryl/α,β-unsaturated/α-hetero) is 1. The molecule has 3 rings (SSSR count). The normalized spacial score (nSPS) is 19.1. The topological polar surface area (TPSA) is 68.9 Å². The van der Waals surface area contributed by atoms with Crippen LogP contribution in [0.25, 0.3) is 16.6 Å². The maximum absolute atomic E-state index is 11.9. The van der Waals surface area contributed by atoms with Crippen LogP contribution in [0.5, 0.6) is 0 Å². The number of para-hydroxylation sites is 2. The molecular weight excluding hydrogens is 214 g/mol. The van der Waals surface area contributed by atoms with E-state index in [4.69, 9.17) is 5.73 Å². The van der Waals surface area contributed by atoms with Gasteiger partial charge in [-0.1, -0.05) is 18.2 Å². The van der Waals surface area contributed by atoms with E-state index in [9.17, 15) is 4.79 Å². The van der Waals surface area contributed by atoms with E-state index >= 15 is 0 Å². The van der Waals surface area contributed by atoms with E-state index in [2.05, 4.69) is 9.97 Å². The average Bonchev–Trinajstić information content (AvgIpc) is 2.34. The van der Waals surface area contributed by atoms with Crippen LogP contribution in [0.4, 0.5) is 0 Å². The zero-order valence-electron chi connectivity index (χ0n) is 9.34. The van der Waals surface area contributed by atoms with Gasteiger partial charge in [0, 0.05) is 0 Å². The summed E-state index contributed by atoms with van der Waals surface area (Å²) in [6.07, 6.45) is 1.73. The number of fused-ring (bicyclic) bond motifs is 2. The molecule has 0 spiro atoms. The molecule has 0 saturated carbocycles. The minimum atomic E-state index is -0.599. The van der Waals surface area contributed by atoms with Gasteiger partial charge >= 0.3 is 0 Å². The SMILES string of the molecule is CC1=CC(N)C(=O)c2nc3ccccc3nc21. The number of nitrogens with two attached hydrogens (primary N) is 1. The monoisotopic (exact) mass is 225 g/mol. The summed E-state index contributed by atoms with van der Waals surface area (Å²) in [6, 6.07) is 6.90. The average molecular weight is 225 g/mol. The fourth-order valence-corrected chi connectivity index (χ4v) is 2.03. The number of ketones is 1. The zero-order chi connectivity index (χ0) is 12.0. The predicted octanol–water partition coefficient (Wildman–Crippen LogP) is 1.56. The van der Waals surface area contributed by atoms with Crippen LogP contribution in [-0.4, -0.2) is 21.8 Å². The smallest absolute Gasteiger partial charge is 0.203 e. The molecule has 84 valence electrons. The fraction of sp³-hybridized carbons (Fsp3) is 0.154. The minimum Gasteiger partial charge on any atom is -0.318 e. The first-order chi connectivity index (χ1) is 8.16. The van der Waals surface area contributed by atoms with Crippen LogP contribution >= 0.6 is 0 Å². The molecule has 2 aromatic rings. The Kier molecular flexibility index (Phi) is 2.06. The molecule has 4 heteroatoms. The van der Waals surface area contributed by atoms with Crippen molar-refractivity contribution in [3.8, 4) is 0 Å². The Labute approximate surface area is 98.2 Å². The van der Waals surface area contributed by atoms with Crippen molar-refractivity contribution >= 4 is 22.4 Å². The first-order valence-electron chi connectivity index (χ1n) is 5.42. The Morgan fingerprint density at radius 3 is 2.35 bits per heavy atom. The molecule has 0 bridgehead atoms. The van der Waals surface area contributed by atoms with Crippen molar-refractivity contribution in [1.82, 2.24) is 9.97 Å². The highest BCUT2D eigenvalue weighted by atomic mass is 16.1. The molecule has 0 aliphatic heterocycles. The number of hydrogen-bond acceptors (Lipinski definition) is 4. The third-order valence-electron chi connectivity index (χ3n) is 2.91. The first-order valence-corrected chi connectivity index (χ1v) is 5.42. The number of allylic oxidation sites excluding steroid dienone is 1. The van der Waals surface area contributed by atoms with Gasteiger partial charge in [0.1, 0.15) is 5.69 Å². The van der Waals surface area contributed by atoms with Crippen LogP contribution in [-0.2, 0) is 0 Å². The second kappa shape index (κ2) is 3.46. The maximum atomic E-state index is 11.9. The van der Waals surface area contributed by atoms with Gasteiger partial charge in [-0.05, 0) is 24.6 Å². The van der Waals surface area contributed by atoms with Gasteiger partial charge in [0.05, 0.1) is 22.8 Å². The van der Waals surface area contributed by atoms with Gasteiger partial charge in [-0.25, -0.2) is 9.97 Å². The van der Waals surface area contributed by atoms with E-state index in [0.717, 1.165) is 16.6 Å². The summed E-state index contributed by atoms with van der Waals surface area (Å²) in [7, 11) is 0. The van der Waals surface area contributed by atoms with Gasteiger partial charge in [-0.3, -0.25) is 4.79 Å². The molecule has 0 radical (unpaired) electrons. The van der Waals surface area contributed by atoms with Crippen molar-refractivity contribution in [3.05, 3.63) is 41.7 Å². The Hall–Kier alpha value is -2.07. The highest BCUT2D eigenvalue weighted by Gasteiger charge is 2.26. The van der Waals surface area contributed by atoms with Crippen molar-refractivity contribution in [3.63, 3.8) is 0 Å². The van der Waals surface area contributed by atoms with E-state index in [-0.39, 0.29) is 5.78 Å². The van der Waals surface area contributed by atoms with Crippen LogP contribution in [0.2, 0.25) is 0 Å². The van der Waals surface area contributed by atoms with Gasteiger partial charge in [-0.2, -0.15) is 0 Å². The lowest BCUT2D eigenvalue weighted by molar-refractivity contribution is 0.0971. The zero-order valence-corrected chi connectivity index (χ0v) is 9.34. The summed E-state index contributed by atoms with van der Waals surface area (Å²) in [5, 5.41) is 0. The highest BCUT2D eigenvalue weighted by Crippen LogP contribution is 2.24. The van der Waals surface area contributed by atoms with Crippen LogP contribution in [0.15, 0.2) is 30.3 Å². The van der Waals surface area contributed by atoms with Gasteiger partial charge in [-0.15, -0.1) is 0 Å². The predicted molar refractivity (Wildman–Crippen MR) is 65.5 cm³/mol. The van der Waals surface area contributed by atoms with Gasteiger partial charge in [0.15, 0.2) is 0 Å². The lowest BCUT2D eigenvalue weighted by atomic mass is 9.96. The summed E-state index contributed by atoms with van der Waals surface area (Å²) in [4.78, 5) is 20.8. The number of nitrogens with zero attached hydrogens (tertiary/aromatic N) is 2. The second-order valence-electron chi connectivity index (χ2n) is 4.15. The number of aromatic nitrogens is 2. The number of benzene rings is 1. The van der Waals surface area contributed by atoms with Crippen molar-refractivity contribution in [2.45, 2.75) is 13.0 Å². The molecule has 1 aliphatic carbocycles. The molecule has 1 unspecified atom stereocenters. The molecule has 0 fully saturated rings. The lowest BCUT2D eigenvalue weighted by Gasteiger charge is -2.17. The van der Waals surface area contributed by atoms with Gasteiger partial charge < -0.3 is 5.73 Å². The Bertz CT molecular complexity index is 661. The number of hydrogen-bond donors (Lipinski definition) is 1. The molecule has 1 atom stereocenters. The van der Waals surface area contributed by atoms with Crippen molar-refractivity contribution in [1.29, 1.82) is 0 Å². The summed E-state index contributed by atoms with van der Waals surface area (Å²) < 4.78 is 0. The molecule has 1 aromatic heterocycles. The maximum Gasteiger partial charge on any atom is 0.203 e. The van der Waals surface area contributed by atoms with E-state index in [1.54, 1.807) is 6.08 Å². The van der Waals surface area contributed by atoms with E-state index in [1.165, 1.54) is 0 Å². The summed E-state index contributed by atoms with van der Waals surface area (Å²) >= 11 is 0. The molecule has 1 heterocycles. The van der Waals surface area contributed by atoms with Crippen molar-refractivity contribution in [2.24, 2.45) is 5.73 Å². The highest BCUT2D eigenvalue weighted by molar-refractivity contribution is 6.07. The standard InChI is InChI=1S/C13H11N3O/c1-7-6-8(14)13(17)12-11(7)15-9-4-2-3-5-10(9)16-12/h2-6,8H,14H2,1H3. The Balaban J connectivity index is 2.36. The third kappa shape index (κ3) is 1.45. The van der Waals surface area contributed by atoms with E-state index in [0.29, 0.717) is 11.4 Å². The van der Waals surface area contributed by atoms with E-state index < -0.39 is 6.04 Å². The Morgan fingerprint density at radius 1 is 1.12 bits per heavy atom. The number of carbonyl (C=O) groups excluding carboxylic acids is 1. The summed E-state index contributed by atoms with van der Waals surface area (Å²) in [5.41, 5.74) is 9.19. The fourth-order valence-electron chi connectivity index (χ4n) is 2.03. The summed E-state index contributed by atoms with van der Waals surface area (Å²) in [6.45, 7) is 1.90. The first kappa shape index (κ1) is 10.1. The lowest BCUT2D eigenvalue weighted by Crippen LogP contribution is -2.33. The number of carbonyl (C=O) groups is 1. The molecule has 1 aromatic carbocycles. The van der Waals surface area contributed by atoms with Crippen LogP contribution in [0, 0.1) is 0 Å². The van der Waals surface area contributed by atoms with Crippen LogP contribution < -0.4 is 5.73 Å². The molecule has 0 amide bonds. The molecule has 2 N–H and O–H groups in total. The van der Waals surface area contributed by atoms with E-state index in [1.807, 2.05) is 31.2 Å². The molecule has 0 saturated heterocycles. The quantitative estimate of drug-likeness (QED) is 0.738. The summed E-state index contributed by atoms with van der Waals surface area (Å²) in [5.74, 6) is -0.163. The molecular formula is C13H11N3O. The minimum absolute atomic E-state index is 0.163. The van der Waals surface area contributed by atoms with Crippen molar-refractivity contribution in [2.75, 3.05) is 0 Å². The number of rotatable bonds is 0.